The molecular formula is C20H21ClFNO2. The second-order valence-electron chi connectivity index (χ2n) is 5.93. The maximum atomic E-state index is 13.3. The number of fused-ring (bicyclic) bond motifs is 1. The number of hydrogen-bond donors (Lipinski definition) is 0. The Kier molecular flexibility index (Phi) is 5.00. The first-order valence-corrected chi connectivity index (χ1v) is 8.91. The van der Waals surface area contributed by atoms with Gasteiger partial charge in [0.1, 0.15) is 17.3 Å². The number of nitrogens with zero attached hydrogens (tertiary/aromatic N) is 1. The monoisotopic (exact) mass is 361 g/mol. The summed E-state index contributed by atoms with van der Waals surface area (Å²) in [5.74, 6) is 1.02. The van der Waals surface area contributed by atoms with Crippen LogP contribution < -0.4 is 9.47 Å². The number of hydrogen-bond acceptors (Lipinski definition) is 3. The van der Waals surface area contributed by atoms with Crippen molar-refractivity contribution in [3.63, 3.8) is 0 Å². The molecule has 0 fully saturated rings. The first-order chi connectivity index (χ1) is 12.0. The third-order valence-corrected chi connectivity index (χ3v) is 4.71. The molecule has 0 amide bonds. The van der Waals surface area contributed by atoms with Crippen LogP contribution in [-0.2, 0) is 0 Å². The first-order valence-electron chi connectivity index (χ1n) is 8.53. The van der Waals surface area contributed by atoms with E-state index in [1.165, 1.54) is 12.1 Å². The highest BCUT2D eigenvalue weighted by Crippen LogP contribution is 2.41. The second kappa shape index (κ2) is 7.04. The summed E-state index contributed by atoms with van der Waals surface area (Å²) >= 11 is 6.52. The Bertz CT molecular complexity index is 798. The van der Waals surface area contributed by atoms with E-state index in [2.05, 4.69) is 0 Å². The molecule has 3 rings (SSSR count). The molecule has 0 saturated carbocycles. The van der Waals surface area contributed by atoms with Crippen molar-refractivity contribution in [2.45, 2.75) is 39.3 Å². The average Bonchev–Trinajstić information content (AvgIpc) is 2.61. The molecule has 1 aliphatic rings. The summed E-state index contributed by atoms with van der Waals surface area (Å²) in [5, 5.41) is 0.504. The third kappa shape index (κ3) is 3.36. The van der Waals surface area contributed by atoms with Crippen molar-refractivity contribution in [1.29, 1.82) is 0 Å². The molecule has 3 nitrogen and oxygen atoms in total. The lowest BCUT2D eigenvalue weighted by Gasteiger charge is -2.35. The average molecular weight is 362 g/mol. The summed E-state index contributed by atoms with van der Waals surface area (Å²) in [6.45, 7) is 6.53. The van der Waals surface area contributed by atoms with Gasteiger partial charge in [0.15, 0.2) is 5.72 Å². The lowest BCUT2D eigenvalue weighted by Crippen LogP contribution is -2.37. The van der Waals surface area contributed by atoms with E-state index < -0.39 is 5.72 Å². The zero-order valence-electron chi connectivity index (χ0n) is 14.6. The van der Waals surface area contributed by atoms with Gasteiger partial charge in [-0.3, -0.25) is 0 Å². The molecule has 0 spiro atoms. The van der Waals surface area contributed by atoms with Crippen LogP contribution in [-0.4, -0.2) is 18.0 Å². The van der Waals surface area contributed by atoms with Gasteiger partial charge in [-0.2, -0.15) is 0 Å². The lowest BCUT2D eigenvalue weighted by atomic mass is 9.96. The van der Waals surface area contributed by atoms with Gasteiger partial charge in [0, 0.05) is 24.5 Å². The zero-order chi connectivity index (χ0) is 18.0. The minimum Gasteiger partial charge on any atom is -0.494 e. The molecule has 0 aliphatic carbocycles. The first kappa shape index (κ1) is 17.7. The predicted octanol–water partition coefficient (Wildman–Crippen LogP) is 5.62. The smallest absolute Gasteiger partial charge is 0.200 e. The number of aliphatic imine (C=N–C) groups is 1. The van der Waals surface area contributed by atoms with E-state index in [4.69, 9.17) is 26.1 Å². The minimum atomic E-state index is -0.662. The molecular weight excluding hydrogens is 341 g/mol. The molecule has 0 unspecified atom stereocenters. The van der Waals surface area contributed by atoms with Crippen LogP contribution in [0.5, 0.6) is 11.5 Å². The van der Waals surface area contributed by atoms with Gasteiger partial charge >= 0.3 is 0 Å². The normalized spacial score (nSPS) is 15.2. The second-order valence-corrected chi connectivity index (χ2v) is 6.34. The maximum absolute atomic E-state index is 13.3. The van der Waals surface area contributed by atoms with Gasteiger partial charge in [-0.15, -0.1) is 0 Å². The van der Waals surface area contributed by atoms with Crippen LogP contribution in [0.3, 0.4) is 0 Å². The van der Waals surface area contributed by atoms with Crippen LogP contribution in [0.4, 0.5) is 4.39 Å². The fraction of sp³-hybridized carbons (Fsp3) is 0.350. The molecule has 5 heteroatoms. The van der Waals surface area contributed by atoms with Crippen molar-refractivity contribution in [3.8, 4) is 11.5 Å². The Morgan fingerprint density at radius 1 is 1.12 bits per heavy atom. The highest BCUT2D eigenvalue weighted by molar-refractivity contribution is 6.36. The van der Waals surface area contributed by atoms with Gasteiger partial charge in [-0.1, -0.05) is 25.4 Å². The summed E-state index contributed by atoms with van der Waals surface area (Å²) in [6.07, 6.45) is 1.42. The van der Waals surface area contributed by atoms with E-state index >= 15 is 0 Å². The summed E-state index contributed by atoms with van der Waals surface area (Å²) < 4.78 is 25.2. The van der Waals surface area contributed by atoms with Crippen molar-refractivity contribution < 1.29 is 13.9 Å². The van der Waals surface area contributed by atoms with E-state index in [1.54, 1.807) is 18.2 Å². The predicted molar refractivity (Wildman–Crippen MR) is 98.6 cm³/mol. The number of ether oxygens (including phenoxy) is 2. The Hall–Kier alpha value is -2.07. The van der Waals surface area contributed by atoms with E-state index in [9.17, 15) is 4.39 Å². The molecule has 1 heterocycles. The van der Waals surface area contributed by atoms with Gasteiger partial charge in [0.25, 0.3) is 0 Å². The Morgan fingerprint density at radius 3 is 2.40 bits per heavy atom. The Labute approximate surface area is 152 Å². The topological polar surface area (TPSA) is 30.8 Å². The summed E-state index contributed by atoms with van der Waals surface area (Å²) in [6, 6.07) is 9.89. The third-order valence-electron chi connectivity index (χ3n) is 4.41. The molecule has 0 aromatic heterocycles. The van der Waals surface area contributed by atoms with Gasteiger partial charge in [-0.05, 0) is 37.3 Å². The highest BCUT2D eigenvalue weighted by Gasteiger charge is 2.36. The minimum absolute atomic E-state index is 0.285. The number of benzene rings is 2. The van der Waals surface area contributed by atoms with E-state index in [0.29, 0.717) is 41.5 Å². The van der Waals surface area contributed by atoms with Crippen molar-refractivity contribution in [1.82, 2.24) is 0 Å². The molecule has 0 saturated heterocycles. The Morgan fingerprint density at radius 2 is 1.80 bits per heavy atom. The van der Waals surface area contributed by atoms with Crippen LogP contribution in [0, 0.1) is 5.82 Å². The largest absolute Gasteiger partial charge is 0.494 e. The fourth-order valence-corrected chi connectivity index (χ4v) is 3.26. The highest BCUT2D eigenvalue weighted by atomic mass is 35.5. The van der Waals surface area contributed by atoms with Crippen LogP contribution in [0.1, 0.15) is 44.7 Å². The molecule has 1 aliphatic heterocycles. The van der Waals surface area contributed by atoms with Crippen LogP contribution in [0.25, 0.3) is 0 Å². The van der Waals surface area contributed by atoms with Gasteiger partial charge in [0.2, 0.25) is 0 Å². The quantitative estimate of drug-likeness (QED) is 0.691. The lowest BCUT2D eigenvalue weighted by molar-refractivity contribution is 0.0656. The number of rotatable bonds is 5. The van der Waals surface area contributed by atoms with Crippen molar-refractivity contribution in [2.75, 3.05) is 6.61 Å². The maximum Gasteiger partial charge on any atom is 0.200 e. The SMILES string of the molecule is CCOc1cc(Cl)c2c(c1)OC(CC)(CC)N=C2c1ccc(F)cc1. The molecule has 25 heavy (non-hydrogen) atoms. The van der Waals surface area contributed by atoms with Gasteiger partial charge in [0.05, 0.1) is 22.9 Å². The summed E-state index contributed by atoms with van der Waals surface area (Å²) in [5.41, 5.74) is 1.58. The van der Waals surface area contributed by atoms with Crippen LogP contribution in [0.2, 0.25) is 5.02 Å². The molecule has 2 aromatic rings. The summed E-state index contributed by atoms with van der Waals surface area (Å²) in [7, 11) is 0. The van der Waals surface area contributed by atoms with Crippen molar-refractivity contribution in [3.05, 3.63) is 58.4 Å². The standard InChI is InChI=1S/C20H21ClFNO2/c1-4-20(5-2)23-19(13-7-9-14(22)10-8-13)18-16(21)11-15(24-6-3)12-17(18)25-20/h7-12H,4-6H2,1-3H3. The van der Waals surface area contributed by atoms with E-state index in [-0.39, 0.29) is 5.82 Å². The number of halogens is 2. The zero-order valence-corrected chi connectivity index (χ0v) is 15.4. The fourth-order valence-electron chi connectivity index (χ4n) is 2.97. The van der Waals surface area contributed by atoms with E-state index in [0.717, 1.165) is 11.3 Å². The van der Waals surface area contributed by atoms with Gasteiger partial charge < -0.3 is 9.47 Å². The molecule has 0 N–H and O–H groups in total. The molecule has 2 aromatic carbocycles. The Balaban J connectivity index is 2.21. The molecule has 132 valence electrons. The van der Waals surface area contributed by atoms with Crippen molar-refractivity contribution >= 4 is 17.3 Å². The van der Waals surface area contributed by atoms with E-state index in [1.807, 2.05) is 26.8 Å². The van der Waals surface area contributed by atoms with Crippen LogP contribution >= 0.6 is 11.6 Å². The van der Waals surface area contributed by atoms with Gasteiger partial charge in [-0.25, -0.2) is 9.38 Å². The summed E-state index contributed by atoms with van der Waals surface area (Å²) in [4.78, 5) is 4.87. The van der Waals surface area contributed by atoms with Crippen molar-refractivity contribution in [2.24, 2.45) is 4.99 Å². The molecule has 0 atom stereocenters. The van der Waals surface area contributed by atoms with Crippen LogP contribution in [0.15, 0.2) is 41.4 Å². The molecule has 0 radical (unpaired) electrons. The molecule has 0 bridgehead atoms.